The van der Waals surface area contributed by atoms with Crippen LogP contribution in [0.15, 0.2) is 59.7 Å². The van der Waals surface area contributed by atoms with Crippen LogP contribution in [0.5, 0.6) is 0 Å². The Balaban J connectivity index is 1.64. The summed E-state index contributed by atoms with van der Waals surface area (Å²) in [6.07, 6.45) is 1.86. The molecule has 0 aliphatic carbocycles. The highest BCUT2D eigenvalue weighted by molar-refractivity contribution is 8.14. The van der Waals surface area contributed by atoms with Gasteiger partial charge in [-0.3, -0.25) is 9.98 Å². The number of fused-ring (bicyclic) bond motifs is 1. The molecular formula is C23H23ClN4S. The second-order valence-electron chi connectivity index (χ2n) is 7.75. The van der Waals surface area contributed by atoms with Gasteiger partial charge in [-0.25, -0.2) is 0 Å². The molecule has 6 heteroatoms. The molecule has 1 saturated heterocycles. The lowest BCUT2D eigenvalue weighted by molar-refractivity contribution is 0.320. The number of halogens is 1. The van der Waals surface area contributed by atoms with Crippen LogP contribution in [0.2, 0.25) is 5.02 Å². The summed E-state index contributed by atoms with van der Waals surface area (Å²) in [5.41, 5.74) is 5.73. The van der Waals surface area contributed by atoms with Crippen molar-refractivity contribution in [1.82, 2.24) is 14.5 Å². The topological polar surface area (TPSA) is 33.4 Å². The van der Waals surface area contributed by atoms with Crippen molar-refractivity contribution < 1.29 is 0 Å². The Morgan fingerprint density at radius 1 is 1.10 bits per heavy atom. The molecule has 3 unspecified atom stereocenters. The van der Waals surface area contributed by atoms with Gasteiger partial charge >= 0.3 is 0 Å². The molecule has 2 aliphatic heterocycles. The standard InChI is InChI=1S/C23H23ClN4S/c1-14-12-17(16(3)28(14)20-10-5-4-8-18(20)24)22-21(19-9-6-7-11-25-19)26-23-27(22)13-15(2)29-23/h4-12,15,21-22H,13H2,1-3H3. The van der Waals surface area contributed by atoms with Gasteiger partial charge in [0.15, 0.2) is 5.17 Å². The van der Waals surface area contributed by atoms with Crippen LogP contribution in [0.25, 0.3) is 5.69 Å². The third-order valence-electron chi connectivity index (χ3n) is 5.76. The lowest BCUT2D eigenvalue weighted by atomic mass is 9.96. The van der Waals surface area contributed by atoms with Crippen LogP contribution < -0.4 is 0 Å². The van der Waals surface area contributed by atoms with Crippen molar-refractivity contribution in [2.45, 2.75) is 38.1 Å². The van der Waals surface area contributed by atoms with E-state index in [1.165, 1.54) is 17.0 Å². The quantitative estimate of drug-likeness (QED) is 0.540. The average molecular weight is 423 g/mol. The average Bonchev–Trinajstić information content (AvgIpc) is 3.33. The highest BCUT2D eigenvalue weighted by Crippen LogP contribution is 2.49. The van der Waals surface area contributed by atoms with E-state index in [4.69, 9.17) is 16.6 Å². The van der Waals surface area contributed by atoms with Gasteiger partial charge in [-0.05, 0) is 49.7 Å². The summed E-state index contributed by atoms with van der Waals surface area (Å²) in [4.78, 5) is 12.2. The summed E-state index contributed by atoms with van der Waals surface area (Å²) in [5.74, 6) is 0. The number of aliphatic imine (C=N–C) groups is 1. The Hall–Kier alpha value is -2.24. The first-order valence-corrected chi connectivity index (χ1v) is 11.2. The highest BCUT2D eigenvalue weighted by atomic mass is 35.5. The minimum absolute atomic E-state index is 0.00592. The van der Waals surface area contributed by atoms with Crippen LogP contribution in [-0.2, 0) is 0 Å². The lowest BCUT2D eigenvalue weighted by Crippen LogP contribution is -2.28. The van der Waals surface area contributed by atoms with Crippen molar-refractivity contribution in [3.63, 3.8) is 0 Å². The molecule has 0 radical (unpaired) electrons. The molecule has 1 aromatic carbocycles. The first-order valence-electron chi connectivity index (χ1n) is 9.90. The zero-order valence-electron chi connectivity index (χ0n) is 16.7. The number of aryl methyl sites for hydroxylation is 1. The summed E-state index contributed by atoms with van der Waals surface area (Å²) in [6.45, 7) is 7.61. The van der Waals surface area contributed by atoms with Crippen LogP contribution in [-0.4, -0.2) is 31.4 Å². The number of benzene rings is 1. The molecule has 0 N–H and O–H groups in total. The first kappa shape index (κ1) is 18.8. The van der Waals surface area contributed by atoms with E-state index in [9.17, 15) is 0 Å². The molecule has 4 heterocycles. The van der Waals surface area contributed by atoms with Crippen LogP contribution in [0, 0.1) is 13.8 Å². The Morgan fingerprint density at radius 3 is 2.66 bits per heavy atom. The Kier molecular flexibility index (Phi) is 4.67. The number of aromatic nitrogens is 2. The molecule has 3 aromatic rings. The summed E-state index contributed by atoms with van der Waals surface area (Å²) in [6, 6.07) is 16.6. The summed E-state index contributed by atoms with van der Waals surface area (Å²) < 4.78 is 2.26. The van der Waals surface area contributed by atoms with Gasteiger partial charge in [-0.2, -0.15) is 0 Å². The van der Waals surface area contributed by atoms with Gasteiger partial charge in [0.1, 0.15) is 6.04 Å². The molecule has 2 aliphatic rings. The van der Waals surface area contributed by atoms with Gasteiger partial charge in [0.2, 0.25) is 0 Å². The maximum atomic E-state index is 6.54. The lowest BCUT2D eigenvalue weighted by Gasteiger charge is -2.27. The fraction of sp³-hybridized carbons (Fsp3) is 0.304. The SMILES string of the molecule is Cc1cc(C2C(c3ccccn3)N=C3SC(C)CN32)c(C)n1-c1ccccc1Cl. The molecular weight excluding hydrogens is 400 g/mol. The molecule has 0 amide bonds. The highest BCUT2D eigenvalue weighted by Gasteiger charge is 2.44. The van der Waals surface area contributed by atoms with Gasteiger partial charge in [0, 0.05) is 29.4 Å². The van der Waals surface area contributed by atoms with E-state index in [0.717, 1.165) is 28.1 Å². The van der Waals surface area contributed by atoms with Crippen molar-refractivity contribution in [3.8, 4) is 5.69 Å². The van der Waals surface area contributed by atoms with Gasteiger partial charge < -0.3 is 9.47 Å². The van der Waals surface area contributed by atoms with Crippen molar-refractivity contribution in [2.24, 2.45) is 4.99 Å². The predicted octanol–water partition coefficient (Wildman–Crippen LogP) is 5.73. The van der Waals surface area contributed by atoms with Crippen molar-refractivity contribution in [3.05, 3.63) is 82.4 Å². The fourth-order valence-corrected chi connectivity index (χ4v) is 5.86. The predicted molar refractivity (Wildman–Crippen MR) is 121 cm³/mol. The normalized spacial score (nSPS) is 23.4. The third kappa shape index (κ3) is 3.08. The monoisotopic (exact) mass is 422 g/mol. The molecule has 0 bridgehead atoms. The Morgan fingerprint density at radius 2 is 1.90 bits per heavy atom. The number of hydrogen-bond donors (Lipinski definition) is 0. The number of hydrogen-bond acceptors (Lipinski definition) is 4. The smallest absolute Gasteiger partial charge is 0.160 e. The maximum absolute atomic E-state index is 6.54. The molecule has 4 nitrogen and oxygen atoms in total. The molecule has 148 valence electrons. The number of thioether (sulfide) groups is 1. The second kappa shape index (κ2) is 7.22. The second-order valence-corrected chi connectivity index (χ2v) is 9.56. The number of para-hydroxylation sites is 1. The van der Waals surface area contributed by atoms with E-state index >= 15 is 0 Å². The molecule has 3 atom stereocenters. The van der Waals surface area contributed by atoms with Crippen LogP contribution in [0.4, 0.5) is 0 Å². The minimum atomic E-state index is 0.00592. The fourth-order valence-electron chi connectivity index (χ4n) is 4.54. The van der Waals surface area contributed by atoms with Gasteiger partial charge in [0.25, 0.3) is 0 Å². The molecule has 2 aromatic heterocycles. The molecule has 0 saturated carbocycles. The first-order chi connectivity index (χ1) is 14.0. The summed E-state index contributed by atoms with van der Waals surface area (Å²) >= 11 is 8.41. The van der Waals surface area contributed by atoms with E-state index in [0.29, 0.717) is 5.25 Å². The number of pyridine rings is 1. The van der Waals surface area contributed by atoms with Crippen LogP contribution in [0.1, 0.15) is 41.7 Å². The van der Waals surface area contributed by atoms with E-state index in [1.807, 2.05) is 48.3 Å². The summed E-state index contributed by atoms with van der Waals surface area (Å²) in [7, 11) is 0. The molecule has 5 rings (SSSR count). The minimum Gasteiger partial charge on any atom is -0.341 e. The van der Waals surface area contributed by atoms with Crippen molar-refractivity contribution in [2.75, 3.05) is 6.54 Å². The number of nitrogens with zero attached hydrogens (tertiary/aromatic N) is 4. The molecule has 29 heavy (non-hydrogen) atoms. The number of rotatable bonds is 3. The van der Waals surface area contributed by atoms with Crippen molar-refractivity contribution in [1.29, 1.82) is 0 Å². The maximum Gasteiger partial charge on any atom is 0.160 e. The van der Waals surface area contributed by atoms with E-state index < -0.39 is 0 Å². The van der Waals surface area contributed by atoms with Gasteiger partial charge in [-0.1, -0.05) is 48.5 Å². The third-order valence-corrected chi connectivity index (χ3v) is 7.19. The zero-order valence-corrected chi connectivity index (χ0v) is 18.3. The Labute approximate surface area is 180 Å². The van der Waals surface area contributed by atoms with E-state index in [-0.39, 0.29) is 12.1 Å². The van der Waals surface area contributed by atoms with Gasteiger partial charge in [-0.15, -0.1) is 0 Å². The van der Waals surface area contributed by atoms with Crippen LogP contribution in [0.3, 0.4) is 0 Å². The Bertz CT molecular complexity index is 1090. The number of amidine groups is 1. The largest absolute Gasteiger partial charge is 0.341 e. The molecule has 0 spiro atoms. The zero-order chi connectivity index (χ0) is 20.1. The van der Waals surface area contributed by atoms with Gasteiger partial charge in [0.05, 0.1) is 22.4 Å². The summed E-state index contributed by atoms with van der Waals surface area (Å²) in [5, 5.41) is 2.45. The van der Waals surface area contributed by atoms with Crippen molar-refractivity contribution >= 4 is 28.5 Å². The molecule has 1 fully saturated rings. The van der Waals surface area contributed by atoms with E-state index in [1.54, 1.807) is 0 Å². The van der Waals surface area contributed by atoms with Crippen LogP contribution >= 0.6 is 23.4 Å². The van der Waals surface area contributed by atoms with E-state index in [2.05, 4.69) is 53.4 Å².